The van der Waals surface area contributed by atoms with Gasteiger partial charge in [0.05, 0.1) is 6.20 Å². The van der Waals surface area contributed by atoms with Gasteiger partial charge in [-0.1, -0.05) is 4.85 Å². The van der Waals surface area contributed by atoms with Crippen molar-refractivity contribution in [3.63, 3.8) is 0 Å². The zero-order valence-corrected chi connectivity index (χ0v) is 10.2. The molecule has 2 rings (SSSR count). The molecule has 0 atom stereocenters. The number of nitrogens with two attached hydrogens (primary N) is 2. The van der Waals surface area contributed by atoms with Crippen LogP contribution in [0.15, 0.2) is 30.5 Å². The Hall–Kier alpha value is -2.21. The fourth-order valence-electron chi connectivity index (χ4n) is 1.67. The average molecular weight is 248 g/mol. The Balaban J connectivity index is 2.44. The lowest BCUT2D eigenvalue weighted by Gasteiger charge is -2.12. The van der Waals surface area contributed by atoms with Crippen LogP contribution in [-0.4, -0.2) is 30.2 Å². The lowest BCUT2D eigenvalue weighted by molar-refractivity contribution is 0.138. The average Bonchev–Trinajstić information content (AvgIpc) is 2.85. The van der Waals surface area contributed by atoms with E-state index in [1.54, 1.807) is 19.4 Å². The summed E-state index contributed by atoms with van der Waals surface area (Å²) in [5, 5.41) is 4.04. The number of benzene rings is 1. The van der Waals surface area contributed by atoms with E-state index in [1.165, 1.54) is 4.85 Å². The first-order valence-corrected chi connectivity index (χ1v) is 5.57. The molecular weight excluding hydrogens is 232 g/mol. The van der Waals surface area contributed by atoms with Crippen LogP contribution >= 0.6 is 0 Å². The molecule has 0 spiro atoms. The van der Waals surface area contributed by atoms with Crippen molar-refractivity contribution >= 4 is 5.69 Å². The minimum absolute atomic E-state index is 0.442. The third-order valence-electron chi connectivity index (χ3n) is 2.44. The van der Waals surface area contributed by atoms with Gasteiger partial charge in [-0.3, -0.25) is 0 Å². The molecule has 0 saturated heterocycles. The predicted octanol–water partition coefficient (Wildman–Crippen LogP) is 0.528. The number of nitrogens with zero attached hydrogens (tertiary/aromatic N) is 2. The van der Waals surface area contributed by atoms with E-state index in [9.17, 15) is 0 Å². The topological polar surface area (TPSA) is 88.3 Å². The molecular formula is C12H16N4O2. The van der Waals surface area contributed by atoms with E-state index in [1.807, 2.05) is 18.2 Å². The van der Waals surface area contributed by atoms with Gasteiger partial charge >= 0.3 is 0 Å². The van der Waals surface area contributed by atoms with Crippen molar-refractivity contribution in [1.29, 1.82) is 0 Å². The first-order valence-electron chi connectivity index (χ1n) is 5.57. The van der Waals surface area contributed by atoms with Gasteiger partial charge in [0.1, 0.15) is 25.2 Å². The summed E-state index contributed by atoms with van der Waals surface area (Å²) in [5.41, 5.74) is 13.5. The smallest absolute Gasteiger partial charge is 0.129 e. The van der Waals surface area contributed by atoms with Crippen LogP contribution in [0, 0.1) is 0 Å². The zero-order valence-electron chi connectivity index (χ0n) is 10.2. The highest BCUT2D eigenvalue weighted by atomic mass is 16.7. The Morgan fingerprint density at radius 3 is 2.89 bits per heavy atom. The molecule has 0 saturated carbocycles. The van der Waals surface area contributed by atoms with E-state index in [0.717, 1.165) is 11.3 Å². The zero-order chi connectivity index (χ0) is 13.0. The fourth-order valence-corrected chi connectivity index (χ4v) is 1.67. The van der Waals surface area contributed by atoms with Crippen LogP contribution in [0.25, 0.3) is 11.3 Å². The molecule has 1 heterocycles. The number of anilines is 1. The minimum atomic E-state index is 0.442. The van der Waals surface area contributed by atoms with E-state index >= 15 is 0 Å². The molecule has 1 aromatic heterocycles. The maximum Gasteiger partial charge on any atom is 0.129 e. The molecule has 2 aromatic rings. The lowest BCUT2D eigenvalue weighted by Crippen LogP contribution is -2.12. The highest BCUT2D eigenvalue weighted by Crippen LogP contribution is 2.31. The fraction of sp³-hybridized carbons (Fsp3) is 0.250. The molecule has 0 aliphatic carbocycles. The van der Waals surface area contributed by atoms with E-state index in [2.05, 4.69) is 5.10 Å². The molecule has 0 radical (unpaired) electrons. The van der Waals surface area contributed by atoms with Crippen LogP contribution < -0.4 is 21.0 Å². The molecule has 0 fully saturated rings. The van der Waals surface area contributed by atoms with Gasteiger partial charge in [0.25, 0.3) is 0 Å². The summed E-state index contributed by atoms with van der Waals surface area (Å²) in [6.45, 7) is 0.894. The second-order valence-electron chi connectivity index (χ2n) is 3.66. The third kappa shape index (κ3) is 2.38. The van der Waals surface area contributed by atoms with Crippen molar-refractivity contribution in [2.75, 3.05) is 26.0 Å². The second-order valence-corrected chi connectivity index (χ2v) is 3.66. The third-order valence-corrected chi connectivity index (χ3v) is 2.44. The van der Waals surface area contributed by atoms with Gasteiger partial charge in [0.15, 0.2) is 0 Å². The van der Waals surface area contributed by atoms with Gasteiger partial charge in [-0.05, 0) is 24.3 Å². The number of aromatic nitrogens is 2. The van der Waals surface area contributed by atoms with Gasteiger partial charge in [-0.2, -0.15) is 0 Å². The van der Waals surface area contributed by atoms with Crippen LogP contribution in [0.1, 0.15) is 0 Å². The number of rotatable bonds is 5. The Morgan fingerprint density at radius 2 is 2.17 bits per heavy atom. The quantitative estimate of drug-likeness (QED) is 0.753. The molecule has 6 nitrogen and oxygen atoms in total. The highest BCUT2D eigenvalue weighted by Gasteiger charge is 2.12. The molecule has 0 aliphatic heterocycles. The number of nitrogen functional groups attached to an aromatic ring is 1. The molecule has 0 bridgehead atoms. The van der Waals surface area contributed by atoms with Crippen molar-refractivity contribution < 1.29 is 9.57 Å². The van der Waals surface area contributed by atoms with Crippen LogP contribution in [0.4, 0.5) is 5.69 Å². The Kier molecular flexibility index (Phi) is 3.69. The molecule has 6 heteroatoms. The summed E-state index contributed by atoms with van der Waals surface area (Å²) < 4.78 is 5.59. The van der Waals surface area contributed by atoms with Gasteiger partial charge in [-0.15, -0.1) is 5.10 Å². The van der Waals surface area contributed by atoms with E-state index in [0.29, 0.717) is 24.6 Å². The molecule has 18 heavy (non-hydrogen) atoms. The van der Waals surface area contributed by atoms with Crippen molar-refractivity contribution in [3.05, 3.63) is 30.5 Å². The Labute approximate surface area is 105 Å². The van der Waals surface area contributed by atoms with Crippen molar-refractivity contribution in [1.82, 2.24) is 9.94 Å². The maximum atomic E-state index is 5.80. The van der Waals surface area contributed by atoms with Gasteiger partial charge < -0.3 is 21.0 Å². The Morgan fingerprint density at radius 1 is 1.33 bits per heavy atom. The Bertz CT molecular complexity index is 525. The standard InChI is InChI=1S/C12H16N4O2/c1-17-16-11(4-6-15-16)10-8-9(14)2-3-12(10)18-7-5-13/h2-4,6,8H,5,7,13-14H2,1H3. The summed E-state index contributed by atoms with van der Waals surface area (Å²) in [7, 11) is 1.54. The largest absolute Gasteiger partial charge is 0.492 e. The highest BCUT2D eigenvalue weighted by molar-refractivity contribution is 5.71. The maximum absolute atomic E-state index is 5.80. The number of hydrogen-bond donors (Lipinski definition) is 2. The van der Waals surface area contributed by atoms with Crippen molar-refractivity contribution in [2.24, 2.45) is 5.73 Å². The first kappa shape index (κ1) is 12.3. The predicted molar refractivity (Wildman–Crippen MR) is 69.1 cm³/mol. The molecule has 96 valence electrons. The van der Waals surface area contributed by atoms with E-state index in [-0.39, 0.29) is 0 Å². The second kappa shape index (κ2) is 5.42. The molecule has 0 amide bonds. The van der Waals surface area contributed by atoms with Crippen LogP contribution in [0.5, 0.6) is 5.75 Å². The number of ether oxygens (including phenoxy) is 1. The molecule has 0 aliphatic rings. The van der Waals surface area contributed by atoms with Gasteiger partial charge in [0, 0.05) is 17.8 Å². The normalized spacial score (nSPS) is 10.3. The summed E-state index contributed by atoms with van der Waals surface area (Å²) in [6.07, 6.45) is 1.65. The van der Waals surface area contributed by atoms with Crippen LogP contribution in [-0.2, 0) is 0 Å². The summed E-state index contributed by atoms with van der Waals surface area (Å²) in [5.74, 6) is 0.702. The van der Waals surface area contributed by atoms with Crippen LogP contribution in [0.3, 0.4) is 0 Å². The van der Waals surface area contributed by atoms with Gasteiger partial charge in [-0.25, -0.2) is 0 Å². The molecule has 0 unspecified atom stereocenters. The van der Waals surface area contributed by atoms with Gasteiger partial charge in [0.2, 0.25) is 0 Å². The summed E-state index contributed by atoms with van der Waals surface area (Å²) in [6, 6.07) is 7.24. The van der Waals surface area contributed by atoms with Crippen molar-refractivity contribution in [3.8, 4) is 17.0 Å². The monoisotopic (exact) mass is 248 g/mol. The van der Waals surface area contributed by atoms with E-state index < -0.39 is 0 Å². The number of hydrogen-bond acceptors (Lipinski definition) is 5. The lowest BCUT2D eigenvalue weighted by atomic mass is 10.1. The minimum Gasteiger partial charge on any atom is -0.492 e. The molecule has 1 aromatic carbocycles. The molecule has 4 N–H and O–H groups in total. The van der Waals surface area contributed by atoms with E-state index in [4.69, 9.17) is 21.0 Å². The first-order chi connectivity index (χ1) is 8.76. The summed E-state index contributed by atoms with van der Waals surface area (Å²) >= 11 is 0. The summed E-state index contributed by atoms with van der Waals surface area (Å²) in [4.78, 5) is 6.53. The van der Waals surface area contributed by atoms with Crippen LogP contribution in [0.2, 0.25) is 0 Å². The SMILES string of the molecule is COn1nccc1-c1cc(N)ccc1OCCN. The van der Waals surface area contributed by atoms with Crippen molar-refractivity contribution in [2.45, 2.75) is 0 Å².